The minimum absolute atomic E-state index is 0.348. The van der Waals surface area contributed by atoms with Crippen LogP contribution in [0.2, 0.25) is 0 Å². The third-order valence-electron chi connectivity index (χ3n) is 2.37. The number of aryl methyl sites for hydroxylation is 1. The number of hydrogen-bond acceptors (Lipinski definition) is 2. The Kier molecular flexibility index (Phi) is 3.63. The van der Waals surface area contributed by atoms with Gasteiger partial charge in [-0.1, -0.05) is 6.07 Å². The van der Waals surface area contributed by atoms with Gasteiger partial charge in [-0.25, -0.2) is 4.39 Å². The van der Waals surface area contributed by atoms with E-state index in [1.807, 2.05) is 13.0 Å². The van der Waals surface area contributed by atoms with Crippen LogP contribution < -0.4 is 4.74 Å². The average Bonchev–Trinajstić information content (AvgIpc) is 2.34. The van der Waals surface area contributed by atoms with E-state index in [0.717, 1.165) is 5.56 Å². The van der Waals surface area contributed by atoms with E-state index in [2.05, 4.69) is 22.0 Å². The fourth-order valence-electron chi connectivity index (χ4n) is 1.50. The fourth-order valence-corrected chi connectivity index (χ4v) is 1.93. The molecule has 0 atom stereocenters. The lowest BCUT2D eigenvalue weighted by Crippen LogP contribution is -1.90. The summed E-state index contributed by atoms with van der Waals surface area (Å²) in [7, 11) is 0. The minimum Gasteiger partial charge on any atom is -0.455 e. The van der Waals surface area contributed by atoms with E-state index in [1.165, 1.54) is 18.2 Å². The maximum absolute atomic E-state index is 12.9. The van der Waals surface area contributed by atoms with E-state index in [1.54, 1.807) is 12.1 Å². The first-order valence-corrected chi connectivity index (χ1v) is 6.03. The molecular weight excluding hydrogens is 297 g/mol. The molecule has 0 fully saturated rings. The van der Waals surface area contributed by atoms with Crippen LogP contribution >= 0.6 is 15.9 Å². The van der Waals surface area contributed by atoms with Gasteiger partial charge in [-0.15, -0.1) is 0 Å². The highest BCUT2D eigenvalue weighted by atomic mass is 79.9. The summed E-state index contributed by atoms with van der Waals surface area (Å²) in [5, 5.41) is 9.03. The first-order valence-electron chi connectivity index (χ1n) is 5.24. The van der Waals surface area contributed by atoms with E-state index in [4.69, 9.17) is 10.00 Å². The quantitative estimate of drug-likeness (QED) is 0.815. The van der Waals surface area contributed by atoms with Gasteiger partial charge in [-0.05, 0) is 58.7 Å². The van der Waals surface area contributed by atoms with Crippen LogP contribution in [-0.4, -0.2) is 0 Å². The van der Waals surface area contributed by atoms with Crippen molar-refractivity contribution in [1.82, 2.24) is 0 Å². The zero-order valence-corrected chi connectivity index (χ0v) is 11.2. The summed E-state index contributed by atoms with van der Waals surface area (Å²) in [6.07, 6.45) is 0. The summed E-state index contributed by atoms with van der Waals surface area (Å²) < 4.78 is 19.1. The highest BCUT2D eigenvalue weighted by Gasteiger charge is 2.08. The smallest absolute Gasteiger partial charge is 0.145 e. The normalized spacial score (nSPS) is 9.89. The number of nitriles is 1. The molecule has 2 aromatic carbocycles. The third-order valence-corrected chi connectivity index (χ3v) is 2.99. The highest BCUT2D eigenvalue weighted by Crippen LogP contribution is 2.32. The topological polar surface area (TPSA) is 33.0 Å². The number of nitrogens with zero attached hydrogens (tertiary/aromatic N) is 1. The second-order valence-electron chi connectivity index (χ2n) is 3.79. The maximum atomic E-state index is 12.9. The van der Waals surface area contributed by atoms with Crippen molar-refractivity contribution >= 4 is 15.9 Å². The zero-order chi connectivity index (χ0) is 13.1. The predicted molar refractivity (Wildman–Crippen MR) is 70.1 cm³/mol. The standard InChI is InChI=1S/C14H9BrFNO/c1-9-2-4-13(10(6-9)8-17)18-14-5-3-11(16)7-12(14)15/h2-7H,1H3. The average molecular weight is 306 g/mol. The van der Waals surface area contributed by atoms with Gasteiger partial charge < -0.3 is 4.74 Å². The van der Waals surface area contributed by atoms with E-state index in [9.17, 15) is 4.39 Å². The molecule has 0 radical (unpaired) electrons. The van der Waals surface area contributed by atoms with Gasteiger partial charge in [0.1, 0.15) is 23.4 Å². The van der Waals surface area contributed by atoms with Crippen molar-refractivity contribution in [2.45, 2.75) is 6.92 Å². The molecular formula is C14H9BrFNO. The second-order valence-corrected chi connectivity index (χ2v) is 4.64. The molecule has 4 heteroatoms. The van der Waals surface area contributed by atoms with Crippen molar-refractivity contribution in [1.29, 1.82) is 5.26 Å². The Hall–Kier alpha value is -1.86. The molecule has 0 amide bonds. The Morgan fingerprint density at radius 1 is 1.17 bits per heavy atom. The number of benzene rings is 2. The van der Waals surface area contributed by atoms with Gasteiger partial charge in [0.05, 0.1) is 10.0 Å². The van der Waals surface area contributed by atoms with Gasteiger partial charge in [0, 0.05) is 0 Å². The van der Waals surface area contributed by atoms with Crippen molar-refractivity contribution in [2.24, 2.45) is 0 Å². The largest absolute Gasteiger partial charge is 0.455 e. The zero-order valence-electron chi connectivity index (χ0n) is 9.58. The molecule has 0 unspecified atom stereocenters. The molecule has 0 saturated heterocycles. The third kappa shape index (κ3) is 2.69. The summed E-state index contributed by atoms with van der Waals surface area (Å²) in [6, 6.07) is 11.5. The van der Waals surface area contributed by atoms with Crippen LogP contribution in [-0.2, 0) is 0 Å². The van der Waals surface area contributed by atoms with Crippen LogP contribution in [0.1, 0.15) is 11.1 Å². The van der Waals surface area contributed by atoms with E-state index < -0.39 is 0 Å². The maximum Gasteiger partial charge on any atom is 0.145 e. The number of ether oxygens (including phenoxy) is 1. The van der Waals surface area contributed by atoms with Crippen LogP contribution in [0.15, 0.2) is 40.9 Å². The number of rotatable bonds is 2. The van der Waals surface area contributed by atoms with Crippen LogP contribution in [0.3, 0.4) is 0 Å². The Morgan fingerprint density at radius 3 is 2.56 bits per heavy atom. The molecule has 2 nitrogen and oxygen atoms in total. The van der Waals surface area contributed by atoms with Crippen molar-refractivity contribution in [3.05, 3.63) is 57.8 Å². The van der Waals surface area contributed by atoms with Gasteiger partial charge in [0.2, 0.25) is 0 Å². The van der Waals surface area contributed by atoms with Crippen molar-refractivity contribution < 1.29 is 9.13 Å². The SMILES string of the molecule is Cc1ccc(Oc2ccc(F)cc2Br)c(C#N)c1. The number of halogens is 2. The highest BCUT2D eigenvalue weighted by molar-refractivity contribution is 9.10. The first kappa shape index (κ1) is 12.6. The predicted octanol–water partition coefficient (Wildman–Crippen LogP) is 4.56. The molecule has 0 aromatic heterocycles. The molecule has 2 rings (SSSR count). The van der Waals surface area contributed by atoms with E-state index >= 15 is 0 Å². The second kappa shape index (κ2) is 5.19. The van der Waals surface area contributed by atoms with Gasteiger partial charge in [-0.3, -0.25) is 0 Å². The van der Waals surface area contributed by atoms with Gasteiger partial charge >= 0.3 is 0 Å². The monoisotopic (exact) mass is 305 g/mol. The van der Waals surface area contributed by atoms with Crippen LogP contribution in [0.4, 0.5) is 4.39 Å². The molecule has 0 saturated carbocycles. The molecule has 2 aromatic rings. The molecule has 0 aliphatic heterocycles. The minimum atomic E-state index is -0.348. The molecule has 90 valence electrons. The van der Waals surface area contributed by atoms with Gasteiger partial charge in [-0.2, -0.15) is 5.26 Å². The lowest BCUT2D eigenvalue weighted by molar-refractivity contribution is 0.475. The van der Waals surface area contributed by atoms with E-state index in [0.29, 0.717) is 21.5 Å². The van der Waals surface area contributed by atoms with Gasteiger partial charge in [0.25, 0.3) is 0 Å². The molecule has 0 aliphatic rings. The molecule has 0 heterocycles. The van der Waals surface area contributed by atoms with Crippen molar-refractivity contribution in [2.75, 3.05) is 0 Å². The summed E-state index contributed by atoms with van der Waals surface area (Å²) in [4.78, 5) is 0. The van der Waals surface area contributed by atoms with Crippen molar-refractivity contribution in [3.63, 3.8) is 0 Å². The summed E-state index contributed by atoms with van der Waals surface area (Å²) in [5.41, 5.74) is 1.43. The van der Waals surface area contributed by atoms with E-state index in [-0.39, 0.29) is 5.82 Å². The first-order chi connectivity index (χ1) is 8.60. The van der Waals surface area contributed by atoms with Crippen LogP contribution in [0, 0.1) is 24.1 Å². The summed E-state index contributed by atoms with van der Waals surface area (Å²) >= 11 is 3.22. The molecule has 18 heavy (non-hydrogen) atoms. The van der Waals surface area contributed by atoms with Crippen LogP contribution in [0.5, 0.6) is 11.5 Å². The van der Waals surface area contributed by atoms with Gasteiger partial charge in [0.15, 0.2) is 0 Å². The molecule has 0 aliphatic carbocycles. The Labute approximate surface area is 113 Å². The van der Waals surface area contributed by atoms with Crippen molar-refractivity contribution in [3.8, 4) is 17.6 Å². The lowest BCUT2D eigenvalue weighted by Gasteiger charge is -2.09. The Morgan fingerprint density at radius 2 is 1.89 bits per heavy atom. The molecule has 0 spiro atoms. The van der Waals surface area contributed by atoms with Crippen LogP contribution in [0.25, 0.3) is 0 Å². The fraction of sp³-hybridized carbons (Fsp3) is 0.0714. The lowest BCUT2D eigenvalue weighted by atomic mass is 10.1. The molecule has 0 bridgehead atoms. The summed E-state index contributed by atoms with van der Waals surface area (Å²) in [5.74, 6) is 0.575. The molecule has 0 N–H and O–H groups in total. The summed E-state index contributed by atoms with van der Waals surface area (Å²) in [6.45, 7) is 1.90. The Bertz CT molecular complexity index is 634. The number of hydrogen-bond donors (Lipinski definition) is 0. The Balaban J connectivity index is 2.37.